The molecule has 40 heavy (non-hydrogen) atoms. The number of benzene rings is 2. The van der Waals surface area contributed by atoms with Crippen molar-refractivity contribution < 1.29 is 14.6 Å². The van der Waals surface area contributed by atoms with Crippen LogP contribution in [0, 0.1) is 0 Å². The molecule has 6 rings (SSSR count). The van der Waals surface area contributed by atoms with Gasteiger partial charge in [-0.3, -0.25) is 9.80 Å². The van der Waals surface area contributed by atoms with E-state index in [0.717, 1.165) is 47.7 Å². The minimum Gasteiger partial charge on any atom is -0.508 e. The van der Waals surface area contributed by atoms with Gasteiger partial charge in [0, 0.05) is 41.4 Å². The van der Waals surface area contributed by atoms with E-state index >= 15 is 0 Å². The normalized spacial score (nSPS) is 15.9. The van der Waals surface area contributed by atoms with E-state index in [9.17, 15) is 5.11 Å². The van der Waals surface area contributed by atoms with E-state index in [1.165, 1.54) is 67.7 Å². The zero-order valence-corrected chi connectivity index (χ0v) is 23.3. The number of aromatic nitrogens is 1. The number of ether oxygens (including phenoxy) is 2. The van der Waals surface area contributed by atoms with Gasteiger partial charge in [0.1, 0.15) is 24.7 Å². The third-order valence-corrected chi connectivity index (χ3v) is 9.05. The Hall–Kier alpha value is -3.13. The first-order valence-electron chi connectivity index (χ1n) is 14.2. The molecule has 0 saturated carbocycles. The Morgan fingerprint density at radius 2 is 1.48 bits per heavy atom. The topological polar surface area (TPSA) is 58.1 Å². The first kappa shape index (κ1) is 28.4. The summed E-state index contributed by atoms with van der Waals surface area (Å²) in [4.78, 5) is 10.7. The molecule has 0 bridgehead atoms. The Kier molecular flexibility index (Phi) is 9.57. The second kappa shape index (κ2) is 13.5. The molecule has 0 unspecified atom stereocenters. The molecule has 2 aromatic carbocycles. The number of nitrogens with zero attached hydrogens (tertiary/aromatic N) is 3. The summed E-state index contributed by atoms with van der Waals surface area (Å²) >= 11 is 1.72. The highest BCUT2D eigenvalue weighted by atomic mass is 32.1. The molecule has 0 amide bonds. The van der Waals surface area contributed by atoms with Crippen LogP contribution < -0.4 is 9.47 Å². The van der Waals surface area contributed by atoms with E-state index in [0.29, 0.717) is 18.2 Å². The second-order valence-electron chi connectivity index (χ2n) is 10.6. The number of pyridine rings is 1. The smallest absolute Gasteiger partial charge is 0.213 e. The van der Waals surface area contributed by atoms with Crippen LogP contribution in [0.15, 0.2) is 60.8 Å². The number of rotatable bonds is 11. The zero-order chi connectivity index (χ0) is 26.4. The maximum absolute atomic E-state index is 10.1. The lowest BCUT2D eigenvalue weighted by atomic mass is 9.99. The van der Waals surface area contributed by atoms with Gasteiger partial charge in [-0.15, -0.1) is 11.3 Å². The minimum atomic E-state index is 0. The highest BCUT2D eigenvalue weighted by Crippen LogP contribution is 2.41. The summed E-state index contributed by atoms with van der Waals surface area (Å²) in [5.41, 5.74) is 3.55. The van der Waals surface area contributed by atoms with Gasteiger partial charge in [0.2, 0.25) is 5.88 Å². The van der Waals surface area contributed by atoms with E-state index in [2.05, 4.69) is 45.1 Å². The zero-order valence-electron chi connectivity index (χ0n) is 22.5. The fourth-order valence-corrected chi connectivity index (χ4v) is 6.90. The van der Waals surface area contributed by atoms with Gasteiger partial charge in [-0.2, -0.15) is 0 Å². The molecule has 4 heterocycles. The van der Waals surface area contributed by atoms with Crippen molar-refractivity contribution in [3.05, 3.63) is 71.9 Å². The van der Waals surface area contributed by atoms with Gasteiger partial charge in [0.05, 0.1) is 0 Å². The molecule has 1 N–H and O–H groups in total. The van der Waals surface area contributed by atoms with Gasteiger partial charge in [0.25, 0.3) is 0 Å². The first-order valence-corrected chi connectivity index (χ1v) is 15.0. The molecule has 0 atom stereocenters. The maximum atomic E-state index is 10.1. The highest BCUT2D eigenvalue weighted by molar-refractivity contribution is 7.22. The SMILES string of the molecule is C.Oc1ccc2c(Cc3ccc(OCCN4CCCC4)nc3)c(-c3ccc(OCCN4CCCC4)cc3)sc2c1. The summed E-state index contributed by atoms with van der Waals surface area (Å²) in [7, 11) is 0. The average molecular weight is 560 g/mol. The fourth-order valence-electron chi connectivity index (χ4n) is 5.64. The Bertz CT molecular complexity index is 1360. The molecule has 7 heteroatoms. The molecular weight excluding hydrogens is 518 g/mol. The Morgan fingerprint density at radius 3 is 2.12 bits per heavy atom. The number of fused-ring (bicyclic) bond motifs is 1. The van der Waals surface area contributed by atoms with Gasteiger partial charge < -0.3 is 14.6 Å². The van der Waals surface area contributed by atoms with Gasteiger partial charge in [0.15, 0.2) is 0 Å². The molecule has 0 spiro atoms. The van der Waals surface area contributed by atoms with Crippen molar-refractivity contribution in [3.63, 3.8) is 0 Å². The number of thiophene rings is 1. The van der Waals surface area contributed by atoms with E-state index in [-0.39, 0.29) is 7.43 Å². The lowest BCUT2D eigenvalue weighted by Crippen LogP contribution is -2.25. The molecule has 4 aromatic rings. The van der Waals surface area contributed by atoms with Crippen LogP contribution >= 0.6 is 11.3 Å². The monoisotopic (exact) mass is 559 g/mol. The molecule has 0 radical (unpaired) electrons. The van der Waals surface area contributed by atoms with Crippen molar-refractivity contribution >= 4 is 21.4 Å². The summed E-state index contributed by atoms with van der Waals surface area (Å²) in [6.07, 6.45) is 7.88. The molecule has 6 nitrogen and oxygen atoms in total. The van der Waals surface area contributed by atoms with Crippen molar-refractivity contribution in [2.45, 2.75) is 39.5 Å². The van der Waals surface area contributed by atoms with Crippen molar-refractivity contribution in [1.82, 2.24) is 14.8 Å². The fraction of sp³-hybridized carbons (Fsp3) is 0.424. The van der Waals surface area contributed by atoms with Crippen molar-refractivity contribution in [3.8, 4) is 27.8 Å². The summed E-state index contributed by atoms with van der Waals surface area (Å²) in [5, 5.41) is 11.3. The van der Waals surface area contributed by atoms with Crippen molar-refractivity contribution in [2.24, 2.45) is 0 Å². The van der Waals surface area contributed by atoms with Crippen LogP contribution in [0.1, 0.15) is 44.2 Å². The van der Waals surface area contributed by atoms with Crippen LogP contribution in [-0.2, 0) is 6.42 Å². The predicted octanol–water partition coefficient (Wildman–Crippen LogP) is 6.85. The lowest BCUT2D eigenvalue weighted by Gasteiger charge is -2.15. The first-order chi connectivity index (χ1) is 19.2. The molecule has 2 aliphatic rings. The number of hydrogen-bond donors (Lipinski definition) is 1. The van der Waals surface area contributed by atoms with Crippen LogP contribution in [0.25, 0.3) is 20.5 Å². The van der Waals surface area contributed by atoms with Crippen molar-refractivity contribution in [1.29, 1.82) is 0 Å². The van der Waals surface area contributed by atoms with Gasteiger partial charge in [-0.05, 0) is 116 Å². The summed E-state index contributed by atoms with van der Waals surface area (Å²) in [5.74, 6) is 1.88. The van der Waals surface area contributed by atoms with E-state index < -0.39 is 0 Å². The predicted molar refractivity (Wildman–Crippen MR) is 165 cm³/mol. The van der Waals surface area contributed by atoms with E-state index in [1.54, 1.807) is 17.4 Å². The van der Waals surface area contributed by atoms with E-state index in [1.807, 2.05) is 24.4 Å². The quantitative estimate of drug-likeness (QED) is 0.217. The molecule has 2 aromatic heterocycles. The van der Waals surface area contributed by atoms with Crippen LogP contribution in [0.2, 0.25) is 0 Å². The van der Waals surface area contributed by atoms with Gasteiger partial charge in [-0.1, -0.05) is 13.5 Å². The highest BCUT2D eigenvalue weighted by Gasteiger charge is 2.16. The Morgan fingerprint density at radius 1 is 0.800 bits per heavy atom. The largest absolute Gasteiger partial charge is 0.508 e. The van der Waals surface area contributed by atoms with Crippen LogP contribution in [0.4, 0.5) is 0 Å². The number of aromatic hydroxyl groups is 1. The third-order valence-electron chi connectivity index (χ3n) is 7.80. The Balaban J connectivity index is 0.00000323. The summed E-state index contributed by atoms with van der Waals surface area (Å²) in [6, 6.07) is 18.2. The average Bonchev–Trinajstić information content (AvgIpc) is 3.73. The lowest BCUT2D eigenvalue weighted by molar-refractivity contribution is 0.232. The third kappa shape index (κ3) is 6.95. The molecule has 2 saturated heterocycles. The summed E-state index contributed by atoms with van der Waals surface area (Å²) < 4.78 is 13.0. The van der Waals surface area contributed by atoms with Crippen molar-refractivity contribution in [2.75, 3.05) is 52.5 Å². The second-order valence-corrected chi connectivity index (χ2v) is 11.6. The van der Waals surface area contributed by atoms with E-state index in [4.69, 9.17) is 9.47 Å². The molecule has 2 fully saturated rings. The van der Waals surface area contributed by atoms with Gasteiger partial charge in [-0.25, -0.2) is 4.98 Å². The minimum absolute atomic E-state index is 0. The number of hydrogen-bond acceptors (Lipinski definition) is 7. The van der Waals surface area contributed by atoms with Crippen LogP contribution in [-0.4, -0.2) is 72.4 Å². The van der Waals surface area contributed by atoms with Gasteiger partial charge >= 0.3 is 0 Å². The molecule has 0 aliphatic carbocycles. The summed E-state index contributed by atoms with van der Waals surface area (Å²) in [6.45, 7) is 8.08. The van der Waals surface area contributed by atoms with Crippen LogP contribution in [0.5, 0.6) is 17.4 Å². The number of likely N-dealkylation sites (tertiary alicyclic amines) is 2. The number of phenolic OH excluding ortho intramolecular Hbond substituents is 1. The molecule has 212 valence electrons. The standard InChI is InChI=1S/C32H37N3O3S.CH4/c36-26-8-11-28-29(21-24-5-12-31(33-23-24)38-20-18-35-15-3-4-16-35)32(39-30(28)22-26)25-6-9-27(10-7-25)37-19-17-34-13-1-2-14-34;/h5-12,22-23,36H,1-4,13-21H2;1H4. The maximum Gasteiger partial charge on any atom is 0.213 e. The Labute approximate surface area is 242 Å². The van der Waals surface area contributed by atoms with Crippen LogP contribution in [0.3, 0.4) is 0 Å². The molecule has 2 aliphatic heterocycles. The number of phenols is 1. The molecular formula is C33H41N3O3S.